The van der Waals surface area contributed by atoms with Crippen molar-refractivity contribution in [2.45, 2.75) is 25.8 Å². The van der Waals surface area contributed by atoms with Gasteiger partial charge < -0.3 is 10.1 Å². The fourth-order valence-electron chi connectivity index (χ4n) is 2.65. The van der Waals surface area contributed by atoms with E-state index >= 15 is 0 Å². The standard InChI is InChI=1S/C15H21N3OS/c1-11(18-7-3-4-8-18)10-16-15-17-13-6-5-12(19-2)9-14(13)20-15/h5-6,9,11H,3-4,7-8,10H2,1-2H3,(H,16,17). The maximum absolute atomic E-state index is 5.25. The van der Waals surface area contributed by atoms with E-state index in [1.807, 2.05) is 18.2 Å². The highest BCUT2D eigenvalue weighted by Gasteiger charge is 2.18. The highest BCUT2D eigenvalue weighted by molar-refractivity contribution is 7.22. The van der Waals surface area contributed by atoms with E-state index < -0.39 is 0 Å². The Hall–Kier alpha value is -1.33. The van der Waals surface area contributed by atoms with Gasteiger partial charge in [-0.3, -0.25) is 4.90 Å². The number of thiazole rings is 1. The molecule has 1 N–H and O–H groups in total. The number of aromatic nitrogens is 1. The van der Waals surface area contributed by atoms with Crippen LogP contribution in [0.2, 0.25) is 0 Å². The van der Waals surface area contributed by atoms with Crippen LogP contribution in [0.3, 0.4) is 0 Å². The first-order chi connectivity index (χ1) is 9.76. The zero-order valence-corrected chi connectivity index (χ0v) is 12.9. The number of likely N-dealkylation sites (tertiary alicyclic amines) is 1. The second-order valence-electron chi connectivity index (χ2n) is 5.33. The molecule has 1 fully saturated rings. The van der Waals surface area contributed by atoms with E-state index in [0.717, 1.165) is 22.9 Å². The lowest BCUT2D eigenvalue weighted by Crippen LogP contribution is -2.35. The third kappa shape index (κ3) is 2.88. The molecule has 0 radical (unpaired) electrons. The van der Waals surface area contributed by atoms with Gasteiger partial charge in [-0.1, -0.05) is 11.3 Å². The lowest BCUT2D eigenvalue weighted by molar-refractivity contribution is 0.269. The third-order valence-electron chi connectivity index (χ3n) is 3.91. The smallest absolute Gasteiger partial charge is 0.183 e. The van der Waals surface area contributed by atoms with Crippen LogP contribution >= 0.6 is 11.3 Å². The van der Waals surface area contributed by atoms with Crippen LogP contribution in [0.25, 0.3) is 10.2 Å². The Morgan fingerprint density at radius 3 is 2.95 bits per heavy atom. The maximum atomic E-state index is 5.25. The number of rotatable bonds is 5. The molecular formula is C15H21N3OS. The summed E-state index contributed by atoms with van der Waals surface area (Å²) in [5, 5.41) is 4.47. The quantitative estimate of drug-likeness (QED) is 0.918. The highest BCUT2D eigenvalue weighted by atomic mass is 32.1. The first-order valence-corrected chi connectivity index (χ1v) is 8.00. The molecule has 20 heavy (non-hydrogen) atoms. The number of hydrogen-bond donors (Lipinski definition) is 1. The van der Waals surface area contributed by atoms with Gasteiger partial charge in [0.15, 0.2) is 5.13 Å². The summed E-state index contributed by atoms with van der Waals surface area (Å²) in [5.74, 6) is 0.887. The van der Waals surface area contributed by atoms with Crippen LogP contribution in [0.4, 0.5) is 5.13 Å². The number of anilines is 1. The van der Waals surface area contributed by atoms with E-state index in [1.54, 1.807) is 18.4 Å². The average Bonchev–Trinajstić information content (AvgIpc) is 3.12. The van der Waals surface area contributed by atoms with Gasteiger partial charge in [0.1, 0.15) is 5.75 Å². The first-order valence-electron chi connectivity index (χ1n) is 7.19. The summed E-state index contributed by atoms with van der Waals surface area (Å²) in [6, 6.07) is 6.58. The SMILES string of the molecule is COc1ccc2nc(NCC(C)N3CCCC3)sc2c1. The van der Waals surface area contributed by atoms with Crippen molar-refractivity contribution >= 4 is 26.7 Å². The Labute approximate surface area is 123 Å². The molecular weight excluding hydrogens is 270 g/mol. The molecule has 0 bridgehead atoms. The van der Waals surface area contributed by atoms with Crippen molar-refractivity contribution in [1.82, 2.24) is 9.88 Å². The van der Waals surface area contributed by atoms with Gasteiger partial charge in [-0.2, -0.15) is 0 Å². The van der Waals surface area contributed by atoms with E-state index in [4.69, 9.17) is 4.74 Å². The predicted octanol–water partition coefficient (Wildman–Crippen LogP) is 3.20. The fourth-order valence-corrected chi connectivity index (χ4v) is 3.56. The van der Waals surface area contributed by atoms with Crippen LogP contribution in [-0.4, -0.2) is 42.7 Å². The Morgan fingerprint density at radius 2 is 2.20 bits per heavy atom. The maximum Gasteiger partial charge on any atom is 0.183 e. The molecule has 1 saturated heterocycles. The van der Waals surface area contributed by atoms with Crippen molar-refractivity contribution < 1.29 is 4.74 Å². The van der Waals surface area contributed by atoms with Gasteiger partial charge in [0.25, 0.3) is 0 Å². The monoisotopic (exact) mass is 291 g/mol. The Kier molecular flexibility index (Phi) is 4.08. The van der Waals surface area contributed by atoms with Crippen molar-refractivity contribution in [3.8, 4) is 5.75 Å². The summed E-state index contributed by atoms with van der Waals surface area (Å²) in [5.41, 5.74) is 1.03. The summed E-state index contributed by atoms with van der Waals surface area (Å²) < 4.78 is 6.42. The number of nitrogens with zero attached hydrogens (tertiary/aromatic N) is 2. The molecule has 1 unspecified atom stereocenters. The lowest BCUT2D eigenvalue weighted by Gasteiger charge is -2.23. The Balaban J connectivity index is 1.65. The van der Waals surface area contributed by atoms with Crippen molar-refractivity contribution in [2.24, 2.45) is 0 Å². The van der Waals surface area contributed by atoms with E-state index in [1.165, 1.54) is 30.6 Å². The number of methoxy groups -OCH3 is 1. The van der Waals surface area contributed by atoms with Gasteiger partial charge in [-0.25, -0.2) is 4.98 Å². The number of benzene rings is 1. The Bertz CT molecular complexity index is 578. The predicted molar refractivity (Wildman–Crippen MR) is 84.9 cm³/mol. The molecule has 1 aromatic carbocycles. The minimum absolute atomic E-state index is 0.569. The van der Waals surface area contributed by atoms with Crippen LogP contribution in [0.1, 0.15) is 19.8 Å². The highest BCUT2D eigenvalue weighted by Crippen LogP contribution is 2.29. The van der Waals surface area contributed by atoms with Crippen molar-refractivity contribution in [3.05, 3.63) is 18.2 Å². The molecule has 1 atom stereocenters. The van der Waals surface area contributed by atoms with E-state index in [9.17, 15) is 0 Å². The summed E-state index contributed by atoms with van der Waals surface area (Å²) in [7, 11) is 1.69. The normalized spacial score (nSPS) is 17.5. The van der Waals surface area contributed by atoms with Gasteiger partial charge >= 0.3 is 0 Å². The molecule has 5 heteroatoms. The second kappa shape index (κ2) is 5.97. The molecule has 0 amide bonds. The fraction of sp³-hybridized carbons (Fsp3) is 0.533. The summed E-state index contributed by atoms with van der Waals surface area (Å²) in [6.45, 7) is 5.71. The molecule has 1 aromatic heterocycles. The van der Waals surface area contributed by atoms with Crippen LogP contribution < -0.4 is 10.1 Å². The van der Waals surface area contributed by atoms with E-state index in [2.05, 4.69) is 22.1 Å². The summed E-state index contributed by atoms with van der Waals surface area (Å²) in [4.78, 5) is 7.17. The average molecular weight is 291 g/mol. The van der Waals surface area contributed by atoms with E-state index in [-0.39, 0.29) is 0 Å². The molecule has 0 saturated carbocycles. The molecule has 2 aromatic rings. The molecule has 2 heterocycles. The lowest BCUT2D eigenvalue weighted by atomic mass is 10.3. The Morgan fingerprint density at radius 1 is 1.40 bits per heavy atom. The molecule has 0 spiro atoms. The topological polar surface area (TPSA) is 37.4 Å². The first kappa shape index (κ1) is 13.6. The zero-order valence-electron chi connectivity index (χ0n) is 12.1. The van der Waals surface area contributed by atoms with Gasteiger partial charge in [-0.05, 0) is 51.1 Å². The molecule has 108 valence electrons. The zero-order chi connectivity index (χ0) is 13.9. The van der Waals surface area contributed by atoms with Crippen molar-refractivity contribution in [1.29, 1.82) is 0 Å². The van der Waals surface area contributed by atoms with Gasteiger partial charge in [0.2, 0.25) is 0 Å². The van der Waals surface area contributed by atoms with Gasteiger partial charge in [0, 0.05) is 12.6 Å². The molecule has 3 rings (SSSR count). The summed E-state index contributed by atoms with van der Waals surface area (Å²) in [6.07, 6.45) is 2.68. The second-order valence-corrected chi connectivity index (χ2v) is 6.36. The van der Waals surface area contributed by atoms with Gasteiger partial charge in [0.05, 0.1) is 17.3 Å². The molecule has 0 aliphatic carbocycles. The van der Waals surface area contributed by atoms with Gasteiger partial charge in [-0.15, -0.1) is 0 Å². The number of hydrogen-bond acceptors (Lipinski definition) is 5. The van der Waals surface area contributed by atoms with Crippen molar-refractivity contribution in [3.63, 3.8) is 0 Å². The molecule has 1 aliphatic heterocycles. The number of ether oxygens (including phenoxy) is 1. The minimum Gasteiger partial charge on any atom is -0.497 e. The summed E-state index contributed by atoms with van der Waals surface area (Å²) >= 11 is 1.69. The number of fused-ring (bicyclic) bond motifs is 1. The third-order valence-corrected chi connectivity index (χ3v) is 4.88. The van der Waals surface area contributed by atoms with E-state index in [0.29, 0.717) is 6.04 Å². The van der Waals surface area contributed by atoms with Crippen LogP contribution in [0.5, 0.6) is 5.75 Å². The van der Waals surface area contributed by atoms with Crippen LogP contribution in [-0.2, 0) is 0 Å². The van der Waals surface area contributed by atoms with Crippen molar-refractivity contribution in [2.75, 3.05) is 32.1 Å². The van der Waals surface area contributed by atoms with Crippen LogP contribution in [0, 0.1) is 0 Å². The molecule has 4 nitrogen and oxygen atoms in total. The minimum atomic E-state index is 0.569. The van der Waals surface area contributed by atoms with Crippen LogP contribution in [0.15, 0.2) is 18.2 Å². The number of nitrogens with one attached hydrogen (secondary N) is 1. The molecule has 1 aliphatic rings. The largest absolute Gasteiger partial charge is 0.497 e.